The number of sulfonamides is 1. The molecule has 1 aromatic rings. The molecule has 100 valence electrons. The van der Waals surface area contributed by atoms with Crippen molar-refractivity contribution in [3.05, 3.63) is 35.4 Å². The summed E-state index contributed by atoms with van der Waals surface area (Å²) in [6, 6.07) is 2.96. The molecule has 6 heteroatoms. The average Bonchev–Trinajstić information content (AvgIpc) is 2.30. The van der Waals surface area contributed by atoms with E-state index in [1.54, 1.807) is 19.9 Å². The van der Waals surface area contributed by atoms with E-state index in [0.29, 0.717) is 12.2 Å². The smallest absolute Gasteiger partial charge is 0.244 e. The summed E-state index contributed by atoms with van der Waals surface area (Å²) in [5.41, 5.74) is 6.91. The van der Waals surface area contributed by atoms with E-state index in [9.17, 15) is 8.42 Å². The van der Waals surface area contributed by atoms with Gasteiger partial charge in [-0.1, -0.05) is 24.6 Å². The largest absolute Gasteiger partial charge is 0.398 e. The zero-order valence-electron chi connectivity index (χ0n) is 10.5. The van der Waals surface area contributed by atoms with Crippen LogP contribution in [-0.2, 0) is 10.0 Å². The van der Waals surface area contributed by atoms with E-state index in [-0.39, 0.29) is 16.5 Å². The van der Waals surface area contributed by atoms with E-state index in [4.69, 9.17) is 17.3 Å². The van der Waals surface area contributed by atoms with E-state index < -0.39 is 10.0 Å². The molecule has 0 bridgehead atoms. The number of hydrogen-bond donors (Lipinski definition) is 1. The third-order valence-corrected chi connectivity index (χ3v) is 5.03. The molecule has 0 amide bonds. The highest BCUT2D eigenvalue weighted by atomic mass is 35.5. The van der Waals surface area contributed by atoms with Crippen molar-refractivity contribution in [2.24, 2.45) is 0 Å². The minimum atomic E-state index is -3.63. The van der Waals surface area contributed by atoms with E-state index in [1.807, 2.05) is 0 Å². The SMILES string of the molecule is C=CCN(CC)S(=O)(=O)c1cc(N)c(C)cc1Cl. The number of hydrogen-bond acceptors (Lipinski definition) is 3. The molecule has 4 nitrogen and oxygen atoms in total. The fourth-order valence-corrected chi connectivity index (χ4v) is 3.56. The molecule has 18 heavy (non-hydrogen) atoms. The van der Waals surface area contributed by atoms with E-state index in [2.05, 4.69) is 6.58 Å². The summed E-state index contributed by atoms with van der Waals surface area (Å²) in [5.74, 6) is 0. The number of halogens is 1. The minimum absolute atomic E-state index is 0.0379. The number of nitrogens with two attached hydrogens (primary N) is 1. The molecule has 0 aliphatic carbocycles. The lowest BCUT2D eigenvalue weighted by Crippen LogP contribution is -2.31. The van der Waals surface area contributed by atoms with Gasteiger partial charge in [-0.3, -0.25) is 0 Å². The predicted octanol–water partition coefficient (Wildman–Crippen LogP) is 2.43. The molecule has 0 saturated carbocycles. The highest BCUT2D eigenvalue weighted by Gasteiger charge is 2.25. The molecule has 0 saturated heterocycles. The Kier molecular flexibility index (Phi) is 4.78. The summed E-state index contributed by atoms with van der Waals surface area (Å²) in [6.07, 6.45) is 1.53. The van der Waals surface area contributed by atoms with Crippen LogP contribution >= 0.6 is 11.6 Å². The molecule has 0 aromatic heterocycles. The van der Waals surface area contributed by atoms with Crippen LogP contribution in [0.25, 0.3) is 0 Å². The quantitative estimate of drug-likeness (QED) is 0.668. The molecule has 2 N–H and O–H groups in total. The van der Waals surface area contributed by atoms with Crippen LogP contribution in [0.3, 0.4) is 0 Å². The summed E-state index contributed by atoms with van der Waals surface area (Å²) < 4.78 is 26.0. The summed E-state index contributed by atoms with van der Waals surface area (Å²) in [6.45, 7) is 7.66. The third-order valence-electron chi connectivity index (χ3n) is 2.62. The van der Waals surface area contributed by atoms with Gasteiger partial charge in [0.15, 0.2) is 0 Å². The standard InChI is InChI=1S/C12H17ClN2O2S/c1-4-6-15(5-2)18(16,17)12-8-11(14)9(3)7-10(12)13/h4,7-8H,1,5-6,14H2,2-3H3. The van der Waals surface area contributed by atoms with Crippen LogP contribution in [0, 0.1) is 6.92 Å². The van der Waals surface area contributed by atoms with Crippen LogP contribution in [0.5, 0.6) is 0 Å². The van der Waals surface area contributed by atoms with Gasteiger partial charge in [0.05, 0.1) is 5.02 Å². The van der Waals surface area contributed by atoms with Gasteiger partial charge in [-0.2, -0.15) is 4.31 Å². The van der Waals surface area contributed by atoms with Gasteiger partial charge in [0.1, 0.15) is 4.90 Å². The van der Waals surface area contributed by atoms with Gasteiger partial charge in [-0.25, -0.2) is 8.42 Å². The first-order valence-corrected chi connectivity index (χ1v) is 7.33. The summed E-state index contributed by atoms with van der Waals surface area (Å²) in [5, 5.41) is 0.184. The van der Waals surface area contributed by atoms with Gasteiger partial charge >= 0.3 is 0 Å². The van der Waals surface area contributed by atoms with Crippen molar-refractivity contribution in [1.29, 1.82) is 0 Å². The predicted molar refractivity (Wildman–Crippen MR) is 75.2 cm³/mol. The third kappa shape index (κ3) is 2.85. The highest BCUT2D eigenvalue weighted by Crippen LogP contribution is 2.29. The highest BCUT2D eigenvalue weighted by molar-refractivity contribution is 7.89. The first-order chi connectivity index (χ1) is 8.34. The maximum atomic E-state index is 12.4. The Morgan fingerprint density at radius 3 is 2.61 bits per heavy atom. The van der Waals surface area contributed by atoms with Crippen molar-refractivity contribution in [3.63, 3.8) is 0 Å². The zero-order chi connectivity index (χ0) is 13.9. The number of likely N-dealkylation sites (N-methyl/N-ethyl adjacent to an activating group) is 1. The molecule has 0 heterocycles. The Labute approximate surface area is 113 Å². The maximum absolute atomic E-state index is 12.4. The van der Waals surface area contributed by atoms with Gasteiger partial charge in [-0.05, 0) is 24.6 Å². The van der Waals surface area contributed by atoms with Crippen molar-refractivity contribution >= 4 is 27.3 Å². The number of aryl methyl sites for hydroxylation is 1. The molecule has 1 rings (SSSR count). The van der Waals surface area contributed by atoms with Crippen molar-refractivity contribution in [2.75, 3.05) is 18.8 Å². The molecule has 0 aliphatic rings. The van der Waals surface area contributed by atoms with Crippen LogP contribution in [0.4, 0.5) is 5.69 Å². The second-order valence-electron chi connectivity index (χ2n) is 3.88. The Morgan fingerprint density at radius 2 is 2.11 bits per heavy atom. The Morgan fingerprint density at radius 1 is 1.50 bits per heavy atom. The van der Waals surface area contributed by atoms with Gasteiger partial charge in [0.25, 0.3) is 0 Å². The van der Waals surface area contributed by atoms with E-state index in [0.717, 1.165) is 5.56 Å². The van der Waals surface area contributed by atoms with E-state index >= 15 is 0 Å². The second-order valence-corrected chi connectivity index (χ2v) is 6.20. The van der Waals surface area contributed by atoms with Crippen LogP contribution in [0.15, 0.2) is 29.7 Å². The number of anilines is 1. The lowest BCUT2D eigenvalue weighted by Gasteiger charge is -2.20. The second kappa shape index (κ2) is 5.73. The molecular weight excluding hydrogens is 272 g/mol. The topological polar surface area (TPSA) is 63.4 Å². The minimum Gasteiger partial charge on any atom is -0.398 e. The summed E-state index contributed by atoms with van der Waals surface area (Å²) >= 11 is 6.00. The monoisotopic (exact) mass is 288 g/mol. The fourth-order valence-electron chi connectivity index (χ4n) is 1.55. The average molecular weight is 289 g/mol. The van der Waals surface area contributed by atoms with Crippen molar-refractivity contribution in [2.45, 2.75) is 18.7 Å². The van der Waals surface area contributed by atoms with Gasteiger partial charge in [-0.15, -0.1) is 6.58 Å². The fraction of sp³-hybridized carbons (Fsp3) is 0.333. The Balaban J connectivity index is 3.36. The molecule has 0 unspecified atom stereocenters. The first-order valence-electron chi connectivity index (χ1n) is 5.51. The molecule has 1 aromatic carbocycles. The van der Waals surface area contributed by atoms with Crippen LogP contribution in [0.1, 0.15) is 12.5 Å². The molecule has 0 radical (unpaired) electrons. The lowest BCUT2D eigenvalue weighted by atomic mass is 10.2. The van der Waals surface area contributed by atoms with Gasteiger partial charge in [0.2, 0.25) is 10.0 Å². The number of nitrogen functional groups attached to an aromatic ring is 1. The van der Waals surface area contributed by atoms with Crippen LogP contribution in [0.2, 0.25) is 5.02 Å². The van der Waals surface area contributed by atoms with Crippen molar-refractivity contribution in [3.8, 4) is 0 Å². The molecule has 0 spiro atoms. The van der Waals surface area contributed by atoms with Gasteiger partial charge < -0.3 is 5.73 Å². The Hall–Kier alpha value is -1.04. The van der Waals surface area contributed by atoms with Crippen molar-refractivity contribution in [1.82, 2.24) is 4.31 Å². The number of benzene rings is 1. The van der Waals surface area contributed by atoms with Crippen molar-refractivity contribution < 1.29 is 8.42 Å². The Bertz CT molecular complexity index is 555. The first kappa shape index (κ1) is 15.0. The number of rotatable bonds is 5. The molecule has 0 fully saturated rings. The normalized spacial score (nSPS) is 11.8. The summed E-state index contributed by atoms with van der Waals surface area (Å²) in [7, 11) is -3.63. The van der Waals surface area contributed by atoms with Crippen LogP contribution < -0.4 is 5.73 Å². The zero-order valence-corrected chi connectivity index (χ0v) is 12.1. The summed E-state index contributed by atoms with van der Waals surface area (Å²) in [4.78, 5) is 0.0379. The maximum Gasteiger partial charge on any atom is 0.244 e. The van der Waals surface area contributed by atoms with Crippen LogP contribution in [-0.4, -0.2) is 25.8 Å². The van der Waals surface area contributed by atoms with E-state index in [1.165, 1.54) is 16.4 Å². The molecule has 0 aliphatic heterocycles. The number of nitrogens with zero attached hydrogens (tertiary/aromatic N) is 1. The molecule has 0 atom stereocenters. The van der Waals surface area contributed by atoms with Gasteiger partial charge in [0, 0.05) is 18.8 Å². The lowest BCUT2D eigenvalue weighted by molar-refractivity contribution is 0.460. The molecular formula is C12H17ClN2O2S.